The minimum absolute atomic E-state index is 0.147. The van der Waals surface area contributed by atoms with Gasteiger partial charge in [-0.15, -0.1) is 10.2 Å². The van der Waals surface area contributed by atoms with E-state index in [1.54, 1.807) is 12.4 Å². The van der Waals surface area contributed by atoms with Gasteiger partial charge in [0, 0.05) is 5.56 Å². The van der Waals surface area contributed by atoms with Gasteiger partial charge in [-0.05, 0) is 13.8 Å². The van der Waals surface area contributed by atoms with Crippen LogP contribution in [-0.2, 0) is 11.2 Å². The number of amides is 1. The minimum Gasteiger partial charge on any atom is -0.361 e. The number of carbonyl (C=O) groups excluding carboxylic acids is 1. The van der Waals surface area contributed by atoms with Gasteiger partial charge in [0.25, 0.3) is 0 Å². The molecule has 2 heterocycles. The average molecular weight is 238 g/mol. The minimum atomic E-state index is -0.147. The first-order valence-electron chi connectivity index (χ1n) is 4.64. The molecule has 6 nitrogen and oxygen atoms in total. The van der Waals surface area contributed by atoms with E-state index in [0.29, 0.717) is 10.9 Å². The fourth-order valence-corrected chi connectivity index (χ4v) is 1.77. The lowest BCUT2D eigenvalue weighted by Gasteiger charge is -2.00. The second-order valence-electron chi connectivity index (χ2n) is 3.27. The van der Waals surface area contributed by atoms with Gasteiger partial charge in [0.1, 0.15) is 11.3 Å². The van der Waals surface area contributed by atoms with Crippen molar-refractivity contribution in [3.05, 3.63) is 22.5 Å². The van der Waals surface area contributed by atoms with Gasteiger partial charge in [0.2, 0.25) is 11.0 Å². The second kappa shape index (κ2) is 4.40. The molecule has 0 fully saturated rings. The van der Waals surface area contributed by atoms with Gasteiger partial charge in [-0.1, -0.05) is 16.5 Å². The first-order valence-corrected chi connectivity index (χ1v) is 5.52. The smallest absolute Gasteiger partial charge is 0.230 e. The molecule has 0 aliphatic rings. The monoisotopic (exact) mass is 238 g/mol. The number of aryl methyl sites for hydroxylation is 2. The van der Waals surface area contributed by atoms with Crippen molar-refractivity contribution in [2.45, 2.75) is 20.3 Å². The Labute approximate surface area is 95.7 Å². The molecule has 0 atom stereocenters. The fraction of sp³-hybridized carbons (Fsp3) is 0.333. The van der Waals surface area contributed by atoms with Gasteiger partial charge in [-0.3, -0.25) is 4.79 Å². The van der Waals surface area contributed by atoms with Crippen LogP contribution in [0.3, 0.4) is 0 Å². The molecule has 0 saturated heterocycles. The summed E-state index contributed by atoms with van der Waals surface area (Å²) in [5.41, 5.74) is 3.12. The van der Waals surface area contributed by atoms with E-state index in [0.717, 1.165) is 11.3 Å². The van der Waals surface area contributed by atoms with Crippen LogP contribution < -0.4 is 5.32 Å². The molecule has 1 amide bonds. The molecule has 7 heteroatoms. The van der Waals surface area contributed by atoms with Crippen LogP contribution in [0.5, 0.6) is 0 Å². The zero-order valence-corrected chi connectivity index (χ0v) is 9.67. The van der Waals surface area contributed by atoms with E-state index in [4.69, 9.17) is 4.52 Å². The molecule has 0 radical (unpaired) electrons. The molecule has 2 aromatic heterocycles. The third-order valence-electron chi connectivity index (χ3n) is 2.12. The predicted molar refractivity (Wildman–Crippen MR) is 58.2 cm³/mol. The highest BCUT2D eigenvalue weighted by Crippen LogP contribution is 2.14. The van der Waals surface area contributed by atoms with Crippen LogP contribution in [-0.4, -0.2) is 21.3 Å². The van der Waals surface area contributed by atoms with E-state index in [-0.39, 0.29) is 12.3 Å². The number of nitrogens with one attached hydrogen (secondary N) is 1. The fourth-order valence-electron chi connectivity index (χ4n) is 1.31. The molecule has 0 unspecified atom stereocenters. The molecule has 1 N–H and O–H groups in total. The third-order valence-corrected chi connectivity index (χ3v) is 2.73. The normalized spacial score (nSPS) is 10.4. The number of rotatable bonds is 3. The van der Waals surface area contributed by atoms with Crippen LogP contribution >= 0.6 is 11.3 Å². The predicted octanol–water partition coefficient (Wildman–Crippen LogP) is 1.32. The lowest BCUT2D eigenvalue weighted by molar-refractivity contribution is -0.115. The molecule has 0 aliphatic carbocycles. The first kappa shape index (κ1) is 10.7. The van der Waals surface area contributed by atoms with E-state index in [9.17, 15) is 4.79 Å². The van der Waals surface area contributed by atoms with Crippen molar-refractivity contribution in [1.82, 2.24) is 15.4 Å². The molecule has 0 spiro atoms. The van der Waals surface area contributed by atoms with E-state index in [2.05, 4.69) is 20.7 Å². The van der Waals surface area contributed by atoms with E-state index >= 15 is 0 Å². The van der Waals surface area contributed by atoms with Crippen molar-refractivity contribution in [3.8, 4) is 0 Å². The maximum absolute atomic E-state index is 11.6. The largest absolute Gasteiger partial charge is 0.361 e. The van der Waals surface area contributed by atoms with Gasteiger partial charge in [-0.2, -0.15) is 0 Å². The van der Waals surface area contributed by atoms with Crippen LogP contribution in [0.1, 0.15) is 17.0 Å². The van der Waals surface area contributed by atoms with Crippen LogP contribution in [0.4, 0.5) is 5.13 Å². The Morgan fingerprint density at radius 1 is 1.56 bits per heavy atom. The SMILES string of the molecule is Cc1noc(C)c1CC(=O)Nc1nncs1. The van der Waals surface area contributed by atoms with Crippen LogP contribution in [0.15, 0.2) is 10.0 Å². The Morgan fingerprint density at radius 3 is 2.94 bits per heavy atom. The topological polar surface area (TPSA) is 80.9 Å². The Hall–Kier alpha value is -1.76. The molecule has 0 bridgehead atoms. The molecule has 2 aromatic rings. The highest BCUT2D eigenvalue weighted by Gasteiger charge is 2.14. The zero-order chi connectivity index (χ0) is 11.5. The lowest BCUT2D eigenvalue weighted by Crippen LogP contribution is -2.15. The number of hydrogen-bond donors (Lipinski definition) is 1. The maximum atomic E-state index is 11.6. The summed E-state index contributed by atoms with van der Waals surface area (Å²) in [4.78, 5) is 11.6. The van der Waals surface area contributed by atoms with Crippen molar-refractivity contribution < 1.29 is 9.32 Å². The van der Waals surface area contributed by atoms with Gasteiger partial charge < -0.3 is 9.84 Å². The Kier molecular flexibility index (Phi) is 2.95. The molecule has 2 rings (SSSR count). The number of anilines is 1. The Balaban J connectivity index is 2.03. The van der Waals surface area contributed by atoms with Gasteiger partial charge in [-0.25, -0.2) is 0 Å². The molecule has 0 aromatic carbocycles. The first-order chi connectivity index (χ1) is 7.66. The third kappa shape index (κ3) is 2.25. The standard InChI is InChI=1S/C9H10N4O2S/c1-5-7(6(2)15-13-5)3-8(14)11-9-12-10-4-16-9/h4H,3H2,1-2H3,(H,11,12,14). The Morgan fingerprint density at radius 2 is 2.38 bits per heavy atom. The number of carbonyl (C=O) groups is 1. The van der Waals surface area contributed by atoms with Crippen molar-refractivity contribution in [2.75, 3.05) is 5.32 Å². The van der Waals surface area contributed by atoms with Crippen LogP contribution in [0.25, 0.3) is 0 Å². The van der Waals surface area contributed by atoms with Crippen LogP contribution in [0, 0.1) is 13.8 Å². The number of aromatic nitrogens is 3. The summed E-state index contributed by atoms with van der Waals surface area (Å²) < 4.78 is 4.98. The van der Waals surface area contributed by atoms with Crippen molar-refractivity contribution >= 4 is 22.4 Å². The van der Waals surface area contributed by atoms with Crippen LogP contribution in [0.2, 0.25) is 0 Å². The highest BCUT2D eigenvalue weighted by molar-refractivity contribution is 7.13. The summed E-state index contributed by atoms with van der Waals surface area (Å²) in [5, 5.41) is 14.3. The highest BCUT2D eigenvalue weighted by atomic mass is 32.1. The second-order valence-corrected chi connectivity index (χ2v) is 4.10. The average Bonchev–Trinajstić information content (AvgIpc) is 2.83. The molecular formula is C9H10N4O2S. The zero-order valence-electron chi connectivity index (χ0n) is 8.85. The molecule has 0 saturated carbocycles. The van der Waals surface area contributed by atoms with Crippen molar-refractivity contribution in [2.24, 2.45) is 0 Å². The Bertz CT molecular complexity index is 472. The summed E-state index contributed by atoms with van der Waals surface area (Å²) >= 11 is 1.28. The van der Waals surface area contributed by atoms with Gasteiger partial charge in [0.15, 0.2) is 0 Å². The summed E-state index contributed by atoms with van der Waals surface area (Å²) in [6, 6.07) is 0. The molecule has 0 aliphatic heterocycles. The summed E-state index contributed by atoms with van der Waals surface area (Å²) in [6.45, 7) is 3.59. The molecule has 84 valence electrons. The van der Waals surface area contributed by atoms with E-state index in [1.165, 1.54) is 11.3 Å². The summed E-state index contributed by atoms with van der Waals surface area (Å²) in [7, 11) is 0. The number of hydrogen-bond acceptors (Lipinski definition) is 6. The van der Waals surface area contributed by atoms with Crippen molar-refractivity contribution in [3.63, 3.8) is 0 Å². The quantitative estimate of drug-likeness (QED) is 0.872. The summed E-state index contributed by atoms with van der Waals surface area (Å²) in [6.07, 6.45) is 0.237. The number of nitrogens with zero attached hydrogens (tertiary/aromatic N) is 3. The van der Waals surface area contributed by atoms with Gasteiger partial charge >= 0.3 is 0 Å². The van der Waals surface area contributed by atoms with E-state index < -0.39 is 0 Å². The lowest BCUT2D eigenvalue weighted by atomic mass is 10.1. The maximum Gasteiger partial charge on any atom is 0.230 e. The molecular weight excluding hydrogens is 228 g/mol. The van der Waals surface area contributed by atoms with Gasteiger partial charge in [0.05, 0.1) is 12.1 Å². The van der Waals surface area contributed by atoms with E-state index in [1.807, 2.05) is 6.92 Å². The molecule has 16 heavy (non-hydrogen) atoms. The summed E-state index contributed by atoms with van der Waals surface area (Å²) in [5.74, 6) is 0.524. The van der Waals surface area contributed by atoms with Crippen molar-refractivity contribution in [1.29, 1.82) is 0 Å².